The lowest BCUT2D eigenvalue weighted by Crippen LogP contribution is -2.21. The van der Waals surface area contributed by atoms with Crippen LogP contribution in [0.1, 0.15) is 24.7 Å². The number of halogens is 1. The quantitative estimate of drug-likeness (QED) is 0.764. The Morgan fingerprint density at radius 2 is 2.32 bits per heavy atom. The van der Waals surface area contributed by atoms with E-state index >= 15 is 0 Å². The highest BCUT2D eigenvalue weighted by Crippen LogP contribution is 2.30. The number of aromatic nitrogens is 2. The Kier molecular flexibility index (Phi) is 4.71. The van der Waals surface area contributed by atoms with Crippen molar-refractivity contribution in [2.75, 3.05) is 16.8 Å². The van der Waals surface area contributed by atoms with Crippen LogP contribution < -0.4 is 0 Å². The highest BCUT2D eigenvalue weighted by molar-refractivity contribution is 9.09. The standard InChI is InChI=1S/C13H21BrN2O2S/c1-3-12-7-13(16(2)15-12)6-11(8-14)10-4-5-19(17,18)9-10/h7,10-11H,3-6,8-9H2,1-2H3. The minimum absolute atomic E-state index is 0.282. The van der Waals surface area contributed by atoms with E-state index in [2.05, 4.69) is 34.0 Å². The molecule has 2 rings (SSSR count). The third-order valence-electron chi connectivity index (χ3n) is 3.99. The Morgan fingerprint density at radius 3 is 2.79 bits per heavy atom. The smallest absolute Gasteiger partial charge is 0.150 e. The molecule has 0 saturated carbocycles. The van der Waals surface area contributed by atoms with Gasteiger partial charge in [0, 0.05) is 18.1 Å². The summed E-state index contributed by atoms with van der Waals surface area (Å²) >= 11 is 3.54. The number of hydrogen-bond donors (Lipinski definition) is 0. The molecular weight excluding hydrogens is 328 g/mol. The first-order valence-electron chi connectivity index (χ1n) is 6.73. The lowest BCUT2D eigenvalue weighted by Gasteiger charge is -2.20. The molecule has 108 valence electrons. The van der Waals surface area contributed by atoms with Crippen LogP contribution >= 0.6 is 15.9 Å². The summed E-state index contributed by atoms with van der Waals surface area (Å²) in [4.78, 5) is 0. The molecule has 1 saturated heterocycles. The van der Waals surface area contributed by atoms with Crippen molar-refractivity contribution in [1.82, 2.24) is 9.78 Å². The van der Waals surface area contributed by atoms with E-state index in [0.29, 0.717) is 17.4 Å². The van der Waals surface area contributed by atoms with Crippen molar-refractivity contribution in [2.45, 2.75) is 26.2 Å². The topological polar surface area (TPSA) is 52.0 Å². The van der Waals surface area contributed by atoms with E-state index in [9.17, 15) is 8.42 Å². The van der Waals surface area contributed by atoms with Gasteiger partial charge in [0.1, 0.15) is 0 Å². The zero-order valence-electron chi connectivity index (χ0n) is 11.5. The Morgan fingerprint density at radius 1 is 1.58 bits per heavy atom. The second-order valence-corrected chi connectivity index (χ2v) is 8.26. The van der Waals surface area contributed by atoms with Crippen LogP contribution in [0.4, 0.5) is 0 Å². The van der Waals surface area contributed by atoms with Gasteiger partial charge in [0.2, 0.25) is 0 Å². The molecular formula is C13H21BrN2O2S. The highest BCUT2D eigenvalue weighted by atomic mass is 79.9. The first-order valence-corrected chi connectivity index (χ1v) is 9.67. The van der Waals surface area contributed by atoms with Crippen LogP contribution in [0.5, 0.6) is 0 Å². The fourth-order valence-electron chi connectivity index (χ4n) is 2.75. The van der Waals surface area contributed by atoms with Gasteiger partial charge in [0.25, 0.3) is 0 Å². The molecule has 1 aromatic rings. The van der Waals surface area contributed by atoms with Gasteiger partial charge in [0.05, 0.1) is 17.2 Å². The predicted octanol–water partition coefficient (Wildman–Crippen LogP) is 1.97. The van der Waals surface area contributed by atoms with Crippen LogP contribution in [0.2, 0.25) is 0 Å². The van der Waals surface area contributed by atoms with Crippen molar-refractivity contribution in [1.29, 1.82) is 0 Å². The third kappa shape index (κ3) is 3.60. The number of alkyl halides is 1. The van der Waals surface area contributed by atoms with E-state index in [1.54, 1.807) is 0 Å². The van der Waals surface area contributed by atoms with E-state index < -0.39 is 9.84 Å². The van der Waals surface area contributed by atoms with Gasteiger partial charge in [0.15, 0.2) is 9.84 Å². The molecule has 0 amide bonds. The van der Waals surface area contributed by atoms with E-state index in [1.165, 1.54) is 5.69 Å². The number of aryl methyl sites for hydroxylation is 2. The van der Waals surface area contributed by atoms with E-state index in [4.69, 9.17) is 0 Å². The number of hydrogen-bond acceptors (Lipinski definition) is 3. The summed E-state index contributed by atoms with van der Waals surface area (Å²) in [6.45, 7) is 2.09. The molecule has 19 heavy (non-hydrogen) atoms. The van der Waals surface area contributed by atoms with Gasteiger partial charge < -0.3 is 0 Å². The van der Waals surface area contributed by atoms with Gasteiger partial charge in [-0.2, -0.15) is 5.10 Å². The monoisotopic (exact) mass is 348 g/mol. The van der Waals surface area contributed by atoms with Gasteiger partial charge in [-0.1, -0.05) is 22.9 Å². The van der Waals surface area contributed by atoms with Crippen LogP contribution in [-0.4, -0.2) is 35.0 Å². The summed E-state index contributed by atoms with van der Waals surface area (Å²) < 4.78 is 25.1. The normalized spacial score (nSPS) is 23.6. The molecule has 0 aromatic carbocycles. The largest absolute Gasteiger partial charge is 0.272 e. The van der Waals surface area contributed by atoms with Gasteiger partial charge in [-0.25, -0.2) is 8.42 Å². The zero-order chi connectivity index (χ0) is 14.0. The molecule has 0 N–H and O–H groups in total. The van der Waals surface area contributed by atoms with Gasteiger partial charge >= 0.3 is 0 Å². The Labute approximate surface area is 123 Å². The number of nitrogens with zero attached hydrogens (tertiary/aromatic N) is 2. The maximum absolute atomic E-state index is 11.6. The predicted molar refractivity (Wildman–Crippen MR) is 80.3 cm³/mol. The van der Waals surface area contributed by atoms with E-state index in [0.717, 1.165) is 30.3 Å². The summed E-state index contributed by atoms with van der Waals surface area (Å²) in [5.74, 6) is 1.36. The lowest BCUT2D eigenvalue weighted by atomic mass is 9.89. The first-order chi connectivity index (χ1) is 8.95. The second kappa shape index (κ2) is 5.95. The summed E-state index contributed by atoms with van der Waals surface area (Å²) in [5.41, 5.74) is 2.30. The molecule has 1 aromatic heterocycles. The summed E-state index contributed by atoms with van der Waals surface area (Å²) in [6.07, 6.45) is 2.64. The molecule has 0 radical (unpaired) electrons. The third-order valence-corrected chi connectivity index (χ3v) is 6.62. The van der Waals surface area contributed by atoms with Crippen LogP contribution in [0.15, 0.2) is 6.07 Å². The average molecular weight is 349 g/mol. The summed E-state index contributed by atoms with van der Waals surface area (Å²) in [5, 5.41) is 5.30. The van der Waals surface area contributed by atoms with Crippen molar-refractivity contribution in [3.63, 3.8) is 0 Å². The maximum atomic E-state index is 11.6. The van der Waals surface area contributed by atoms with Gasteiger partial charge in [-0.15, -0.1) is 0 Å². The lowest BCUT2D eigenvalue weighted by molar-refractivity contribution is 0.393. The fraction of sp³-hybridized carbons (Fsp3) is 0.769. The van der Waals surface area contributed by atoms with Crippen molar-refractivity contribution in [3.8, 4) is 0 Å². The van der Waals surface area contributed by atoms with Crippen LogP contribution in [0.3, 0.4) is 0 Å². The first kappa shape index (κ1) is 15.0. The minimum atomic E-state index is -2.80. The average Bonchev–Trinajstić information content (AvgIpc) is 2.89. The molecule has 0 aliphatic carbocycles. The maximum Gasteiger partial charge on any atom is 0.150 e. The molecule has 4 nitrogen and oxygen atoms in total. The SMILES string of the molecule is CCc1cc(CC(CBr)C2CCS(=O)(=O)C2)n(C)n1. The van der Waals surface area contributed by atoms with Crippen molar-refractivity contribution >= 4 is 25.8 Å². The Hall–Kier alpha value is -0.360. The minimum Gasteiger partial charge on any atom is -0.272 e. The molecule has 1 aliphatic heterocycles. The molecule has 1 aliphatic rings. The van der Waals surface area contributed by atoms with E-state index in [-0.39, 0.29) is 5.92 Å². The fourth-order valence-corrected chi connectivity index (χ4v) is 5.42. The van der Waals surface area contributed by atoms with Crippen molar-refractivity contribution < 1.29 is 8.42 Å². The molecule has 0 spiro atoms. The molecule has 2 atom stereocenters. The molecule has 2 unspecified atom stereocenters. The molecule has 1 fully saturated rings. The number of rotatable bonds is 5. The summed E-state index contributed by atoms with van der Waals surface area (Å²) in [6, 6.07) is 2.14. The molecule has 2 heterocycles. The summed E-state index contributed by atoms with van der Waals surface area (Å²) in [7, 11) is -0.832. The van der Waals surface area contributed by atoms with E-state index in [1.807, 2.05) is 11.7 Å². The van der Waals surface area contributed by atoms with Crippen molar-refractivity contribution in [3.05, 3.63) is 17.5 Å². The second-order valence-electron chi connectivity index (χ2n) is 5.39. The molecule has 6 heteroatoms. The number of sulfone groups is 1. The highest BCUT2D eigenvalue weighted by Gasteiger charge is 2.33. The van der Waals surface area contributed by atoms with Crippen LogP contribution in [0, 0.1) is 11.8 Å². The van der Waals surface area contributed by atoms with Crippen molar-refractivity contribution in [2.24, 2.45) is 18.9 Å². The van der Waals surface area contributed by atoms with Crippen LogP contribution in [-0.2, 0) is 29.7 Å². The Bertz CT molecular complexity index is 539. The zero-order valence-corrected chi connectivity index (χ0v) is 13.9. The molecule has 0 bridgehead atoms. The van der Waals surface area contributed by atoms with Gasteiger partial charge in [-0.05, 0) is 37.2 Å². The van der Waals surface area contributed by atoms with Gasteiger partial charge in [-0.3, -0.25) is 4.68 Å². The van der Waals surface area contributed by atoms with Crippen LogP contribution in [0.25, 0.3) is 0 Å². The Balaban J connectivity index is 2.09.